The molecular weight excluding hydrogens is 164 g/mol. The predicted octanol–water partition coefficient (Wildman–Crippen LogP) is 1.02. The van der Waals surface area contributed by atoms with E-state index in [-0.39, 0.29) is 0 Å². The molecule has 0 saturated heterocycles. The van der Waals surface area contributed by atoms with Crippen molar-refractivity contribution in [1.82, 2.24) is 0 Å². The quantitative estimate of drug-likeness (QED) is 0.630. The van der Waals surface area contributed by atoms with E-state index < -0.39 is 15.9 Å². The molecule has 0 atom stereocenters. The summed E-state index contributed by atoms with van der Waals surface area (Å²) in [5.74, 6) is -0.392. The molecule has 0 aromatic rings. The van der Waals surface area contributed by atoms with Crippen LogP contribution in [0.15, 0.2) is 11.1 Å². The van der Waals surface area contributed by atoms with E-state index in [1.54, 1.807) is 0 Å². The minimum Gasteiger partial charge on any atom is -0.285 e. The van der Waals surface area contributed by atoms with Crippen molar-refractivity contribution in [3.63, 3.8) is 0 Å². The van der Waals surface area contributed by atoms with Gasteiger partial charge in [-0.25, -0.2) is 0 Å². The third kappa shape index (κ3) is 5.82. The second kappa shape index (κ2) is 3.20. The molecule has 0 aromatic carbocycles. The highest BCUT2D eigenvalue weighted by molar-refractivity contribution is 7.85. The highest BCUT2D eigenvalue weighted by atomic mass is 35.5. The summed E-state index contributed by atoms with van der Waals surface area (Å²) in [6.45, 7) is 1.51. The Morgan fingerprint density at radius 1 is 1.78 bits per heavy atom. The van der Waals surface area contributed by atoms with E-state index in [1.165, 1.54) is 6.92 Å². The monoisotopic (exact) mass is 170 g/mol. The maximum absolute atomic E-state index is 10.1. The summed E-state index contributed by atoms with van der Waals surface area (Å²) in [4.78, 5) is 0. The van der Waals surface area contributed by atoms with Crippen LogP contribution in [0.4, 0.5) is 0 Å². The molecule has 54 valence electrons. The molecule has 0 unspecified atom stereocenters. The van der Waals surface area contributed by atoms with Gasteiger partial charge in [0.15, 0.2) is 0 Å². The maximum Gasteiger partial charge on any atom is 0.268 e. The highest BCUT2D eigenvalue weighted by Crippen LogP contribution is 1.98. The van der Waals surface area contributed by atoms with Gasteiger partial charge in [0, 0.05) is 5.54 Å². The summed E-state index contributed by atoms with van der Waals surface area (Å²) >= 11 is 5.12. The Balaban J connectivity index is 4.07. The summed E-state index contributed by atoms with van der Waals surface area (Å²) < 4.78 is 28.3. The summed E-state index contributed by atoms with van der Waals surface area (Å²) in [5, 5.41) is 0. The number of hydrogen-bond acceptors (Lipinski definition) is 2. The fourth-order valence-electron chi connectivity index (χ4n) is 0.319. The van der Waals surface area contributed by atoms with Gasteiger partial charge in [-0.3, -0.25) is 4.55 Å². The smallest absolute Gasteiger partial charge is 0.268 e. The van der Waals surface area contributed by atoms with E-state index in [0.29, 0.717) is 5.57 Å². The van der Waals surface area contributed by atoms with Crippen LogP contribution < -0.4 is 0 Å². The molecule has 0 heterocycles. The second-order valence-electron chi connectivity index (χ2n) is 1.68. The van der Waals surface area contributed by atoms with Gasteiger partial charge in [-0.15, -0.1) is 0 Å². The average molecular weight is 171 g/mol. The normalized spacial score (nSPS) is 13.9. The molecule has 3 nitrogen and oxygen atoms in total. The molecule has 0 amide bonds. The summed E-state index contributed by atoms with van der Waals surface area (Å²) in [7, 11) is -3.89. The first-order valence-electron chi connectivity index (χ1n) is 2.17. The number of hydrogen-bond donors (Lipinski definition) is 1. The van der Waals surface area contributed by atoms with E-state index >= 15 is 0 Å². The van der Waals surface area contributed by atoms with Crippen LogP contribution in [0.25, 0.3) is 0 Å². The lowest BCUT2D eigenvalue weighted by molar-refractivity contribution is 0.486. The van der Waals surface area contributed by atoms with E-state index in [1.807, 2.05) is 0 Å². The Morgan fingerprint density at radius 2 is 2.22 bits per heavy atom. The van der Waals surface area contributed by atoms with Crippen molar-refractivity contribution in [3.05, 3.63) is 11.1 Å². The van der Waals surface area contributed by atoms with Crippen LogP contribution in [0.3, 0.4) is 0 Å². The van der Waals surface area contributed by atoms with Crippen molar-refractivity contribution in [1.29, 1.82) is 0 Å². The summed E-state index contributed by atoms with van der Waals surface area (Å²) in [6, 6.07) is 0. The molecule has 5 heteroatoms. The molecule has 0 aliphatic carbocycles. The molecule has 0 aliphatic rings. The zero-order valence-corrected chi connectivity index (χ0v) is 6.41. The molecule has 9 heavy (non-hydrogen) atoms. The maximum atomic E-state index is 10.1. The molecule has 0 bridgehead atoms. The van der Waals surface area contributed by atoms with Gasteiger partial charge in [-0.1, -0.05) is 11.6 Å². The Morgan fingerprint density at radius 3 is 2.33 bits per heavy atom. The van der Waals surface area contributed by atoms with Crippen molar-refractivity contribution in [2.24, 2.45) is 0 Å². The van der Waals surface area contributed by atoms with Crippen molar-refractivity contribution in [2.75, 3.05) is 5.75 Å². The van der Waals surface area contributed by atoms with Crippen molar-refractivity contribution >= 4 is 21.7 Å². The molecule has 0 saturated carbocycles. The summed E-state index contributed by atoms with van der Waals surface area (Å²) in [5.41, 5.74) is 1.53. The van der Waals surface area contributed by atoms with Gasteiger partial charge in [-0.05, 0) is 12.5 Å². The Kier molecular flexibility index (Phi) is 3.17. The van der Waals surface area contributed by atoms with Crippen LogP contribution in [0.2, 0.25) is 0 Å². The zero-order valence-electron chi connectivity index (χ0n) is 4.83. The lowest BCUT2D eigenvalue weighted by Crippen LogP contribution is -2.03. The first-order chi connectivity index (χ1) is 3.95. The first-order valence-corrected chi connectivity index (χ1v) is 4.21. The van der Waals surface area contributed by atoms with Gasteiger partial charge >= 0.3 is 0 Å². The van der Waals surface area contributed by atoms with E-state index in [2.05, 4.69) is 0 Å². The van der Waals surface area contributed by atoms with Gasteiger partial charge in [0.25, 0.3) is 10.1 Å². The fraction of sp³-hybridized carbons (Fsp3) is 0.500. The van der Waals surface area contributed by atoms with Gasteiger partial charge in [-0.2, -0.15) is 8.42 Å². The molecule has 0 aromatic heterocycles. The molecule has 0 aliphatic heterocycles. The van der Waals surface area contributed by atoms with E-state index in [4.69, 9.17) is 16.2 Å². The van der Waals surface area contributed by atoms with Gasteiger partial charge in [0.1, 0.15) is 0 Å². The van der Waals surface area contributed by atoms with Gasteiger partial charge in [0.2, 0.25) is 0 Å². The number of halogens is 1. The van der Waals surface area contributed by atoms with Crippen molar-refractivity contribution < 1.29 is 13.0 Å². The number of rotatable bonds is 2. The fourth-order valence-corrected chi connectivity index (χ4v) is 1.15. The molecule has 0 radical (unpaired) electrons. The van der Waals surface area contributed by atoms with Crippen LogP contribution in [-0.2, 0) is 10.1 Å². The minimum atomic E-state index is -3.89. The summed E-state index contributed by atoms with van der Waals surface area (Å²) in [6.07, 6.45) is 0. The van der Waals surface area contributed by atoms with Crippen molar-refractivity contribution in [3.8, 4) is 0 Å². The van der Waals surface area contributed by atoms with Crippen LogP contribution in [0, 0.1) is 0 Å². The molecule has 0 spiro atoms. The average Bonchev–Trinajstić information content (AvgIpc) is 1.62. The van der Waals surface area contributed by atoms with Crippen molar-refractivity contribution in [2.45, 2.75) is 6.92 Å². The van der Waals surface area contributed by atoms with Crippen LogP contribution in [-0.4, -0.2) is 18.7 Å². The first kappa shape index (κ1) is 8.94. The lowest BCUT2D eigenvalue weighted by Gasteiger charge is -1.92. The molecule has 1 N–H and O–H groups in total. The SMILES string of the molecule is CC(=CCl)CS(=O)(=O)O. The lowest BCUT2D eigenvalue weighted by atomic mass is 10.4. The standard InChI is InChI=1S/C4H7ClO3S/c1-4(2-5)3-9(6,7)8/h2H,3H2,1H3,(H,6,7,8). The van der Waals surface area contributed by atoms with E-state index in [0.717, 1.165) is 5.54 Å². The third-order valence-corrected chi connectivity index (χ3v) is 1.79. The Bertz CT molecular complexity index is 204. The van der Waals surface area contributed by atoms with Crippen LogP contribution in [0.1, 0.15) is 6.92 Å². The Labute approximate surface area is 59.1 Å². The van der Waals surface area contributed by atoms with Gasteiger partial charge < -0.3 is 0 Å². The van der Waals surface area contributed by atoms with Crippen LogP contribution >= 0.6 is 11.6 Å². The second-order valence-corrected chi connectivity index (χ2v) is 3.35. The van der Waals surface area contributed by atoms with E-state index in [9.17, 15) is 8.42 Å². The van der Waals surface area contributed by atoms with Gasteiger partial charge in [0.05, 0.1) is 5.75 Å². The largest absolute Gasteiger partial charge is 0.285 e. The van der Waals surface area contributed by atoms with Crippen LogP contribution in [0.5, 0.6) is 0 Å². The predicted molar refractivity (Wildman–Crippen MR) is 36.0 cm³/mol. The molecule has 0 rings (SSSR count). The minimum absolute atomic E-state index is 0.392. The Hall–Kier alpha value is -0.0600. The topological polar surface area (TPSA) is 54.4 Å². The third-order valence-electron chi connectivity index (χ3n) is 0.596. The molecular formula is C4H7ClO3S. The zero-order chi connectivity index (χ0) is 7.49. The molecule has 0 fully saturated rings. The highest BCUT2D eigenvalue weighted by Gasteiger charge is 2.03.